The SMILES string of the molecule is CC(=O)[C@@H](NC(=O)[C@@H](NC(=O)OC(C)(C)C)C(C)(C)C)C(C)C. The maximum Gasteiger partial charge on any atom is 0.408 e. The van der Waals surface area contributed by atoms with Gasteiger partial charge in [-0.2, -0.15) is 0 Å². The largest absolute Gasteiger partial charge is 0.444 e. The topological polar surface area (TPSA) is 84.5 Å². The number of rotatable bonds is 5. The van der Waals surface area contributed by atoms with Crippen LogP contribution in [0.25, 0.3) is 0 Å². The molecule has 6 nitrogen and oxygen atoms in total. The first kappa shape index (κ1) is 21.4. The molecule has 0 bridgehead atoms. The van der Waals surface area contributed by atoms with Crippen LogP contribution in [0.5, 0.6) is 0 Å². The summed E-state index contributed by atoms with van der Waals surface area (Å²) < 4.78 is 5.22. The van der Waals surface area contributed by atoms with Crippen molar-refractivity contribution in [1.82, 2.24) is 10.6 Å². The van der Waals surface area contributed by atoms with Gasteiger partial charge < -0.3 is 15.4 Å². The van der Waals surface area contributed by atoms with E-state index in [4.69, 9.17) is 4.74 Å². The van der Waals surface area contributed by atoms with Gasteiger partial charge in [-0.25, -0.2) is 4.79 Å². The molecule has 0 heterocycles. The Bertz CT molecular complexity index is 444. The van der Waals surface area contributed by atoms with Crippen molar-refractivity contribution < 1.29 is 19.1 Å². The van der Waals surface area contributed by atoms with Crippen molar-refractivity contribution in [2.24, 2.45) is 11.3 Å². The second-order valence-electron chi connectivity index (χ2n) is 8.29. The van der Waals surface area contributed by atoms with E-state index in [1.54, 1.807) is 20.8 Å². The predicted molar refractivity (Wildman–Crippen MR) is 90.1 cm³/mol. The van der Waals surface area contributed by atoms with Crippen LogP contribution in [-0.2, 0) is 14.3 Å². The maximum absolute atomic E-state index is 12.6. The molecule has 0 spiro atoms. The summed E-state index contributed by atoms with van der Waals surface area (Å²) in [6, 6.07) is -1.38. The van der Waals surface area contributed by atoms with E-state index < -0.39 is 35.1 Å². The fourth-order valence-corrected chi connectivity index (χ4v) is 2.08. The van der Waals surface area contributed by atoms with Gasteiger partial charge in [-0.1, -0.05) is 34.6 Å². The summed E-state index contributed by atoms with van der Waals surface area (Å²) >= 11 is 0. The van der Waals surface area contributed by atoms with Crippen molar-refractivity contribution in [1.29, 1.82) is 0 Å². The van der Waals surface area contributed by atoms with Crippen LogP contribution in [0.1, 0.15) is 62.3 Å². The molecule has 0 aliphatic carbocycles. The van der Waals surface area contributed by atoms with Crippen LogP contribution < -0.4 is 10.6 Å². The van der Waals surface area contributed by atoms with E-state index in [1.165, 1.54) is 6.92 Å². The van der Waals surface area contributed by atoms with Gasteiger partial charge in [0.2, 0.25) is 5.91 Å². The number of hydrogen-bond donors (Lipinski definition) is 2. The number of amides is 2. The van der Waals surface area contributed by atoms with Gasteiger partial charge in [0.05, 0.1) is 6.04 Å². The van der Waals surface area contributed by atoms with Gasteiger partial charge in [0, 0.05) is 0 Å². The number of carbonyl (C=O) groups is 3. The summed E-state index contributed by atoms with van der Waals surface area (Å²) in [5.41, 5.74) is -1.18. The quantitative estimate of drug-likeness (QED) is 0.812. The Morgan fingerprint density at radius 1 is 0.913 bits per heavy atom. The van der Waals surface area contributed by atoms with E-state index in [2.05, 4.69) is 10.6 Å². The molecule has 0 unspecified atom stereocenters. The molecule has 23 heavy (non-hydrogen) atoms. The zero-order chi connectivity index (χ0) is 18.6. The monoisotopic (exact) mass is 328 g/mol. The summed E-state index contributed by atoms with van der Waals surface area (Å²) in [5, 5.41) is 5.34. The third kappa shape index (κ3) is 8.00. The Morgan fingerprint density at radius 2 is 1.39 bits per heavy atom. The first-order chi connectivity index (χ1) is 10.1. The number of alkyl carbamates (subject to hydrolysis) is 1. The standard InChI is InChI=1S/C17H32N2O4/c1-10(2)12(11(3)20)18-14(21)13(16(4,5)6)19-15(22)23-17(7,8)9/h10,12-13H,1-9H3,(H,18,21)(H,19,22)/t12-,13+/m0/s1. The third-order valence-electron chi connectivity index (χ3n) is 3.19. The second kappa shape index (κ2) is 7.79. The van der Waals surface area contributed by atoms with Crippen molar-refractivity contribution in [3.05, 3.63) is 0 Å². The van der Waals surface area contributed by atoms with Crippen molar-refractivity contribution in [2.45, 2.75) is 80.0 Å². The van der Waals surface area contributed by atoms with Crippen LogP contribution >= 0.6 is 0 Å². The summed E-state index contributed by atoms with van der Waals surface area (Å²) in [5.74, 6) is -0.533. The molecule has 0 aromatic rings. The Kier molecular flexibility index (Phi) is 7.26. The Labute approximate surface area is 139 Å². The first-order valence-corrected chi connectivity index (χ1v) is 7.95. The number of nitrogens with one attached hydrogen (secondary N) is 2. The van der Waals surface area contributed by atoms with Gasteiger partial charge in [-0.05, 0) is 39.0 Å². The predicted octanol–water partition coefficient (Wildman–Crippen LogP) is 2.66. The number of ether oxygens (including phenoxy) is 1. The fraction of sp³-hybridized carbons (Fsp3) is 0.824. The Morgan fingerprint density at radius 3 is 1.70 bits per heavy atom. The summed E-state index contributed by atoms with van der Waals surface area (Å²) in [4.78, 5) is 36.2. The minimum atomic E-state index is -0.807. The first-order valence-electron chi connectivity index (χ1n) is 7.95. The molecule has 6 heteroatoms. The lowest BCUT2D eigenvalue weighted by atomic mass is 9.85. The molecular formula is C17H32N2O4. The van der Waals surface area contributed by atoms with Gasteiger partial charge in [0.25, 0.3) is 0 Å². The molecule has 0 radical (unpaired) electrons. The highest BCUT2D eigenvalue weighted by Crippen LogP contribution is 2.21. The average molecular weight is 328 g/mol. The normalized spacial score (nSPS) is 14.9. The number of ketones is 1. The Balaban J connectivity index is 5.16. The molecule has 0 aromatic carbocycles. The zero-order valence-electron chi connectivity index (χ0n) is 15.9. The fourth-order valence-electron chi connectivity index (χ4n) is 2.08. The molecule has 0 rings (SSSR count). The average Bonchev–Trinajstić information content (AvgIpc) is 2.28. The Hall–Kier alpha value is -1.59. The summed E-state index contributed by atoms with van der Waals surface area (Å²) in [6.07, 6.45) is -0.656. The lowest BCUT2D eigenvalue weighted by Crippen LogP contribution is -2.57. The lowest BCUT2D eigenvalue weighted by Gasteiger charge is -2.33. The highest BCUT2D eigenvalue weighted by molar-refractivity contribution is 5.91. The van der Waals surface area contributed by atoms with Crippen LogP contribution in [0.3, 0.4) is 0 Å². The van der Waals surface area contributed by atoms with Crippen molar-refractivity contribution in [2.75, 3.05) is 0 Å². The van der Waals surface area contributed by atoms with E-state index in [9.17, 15) is 14.4 Å². The van der Waals surface area contributed by atoms with E-state index in [0.29, 0.717) is 0 Å². The van der Waals surface area contributed by atoms with E-state index in [1.807, 2.05) is 34.6 Å². The second-order valence-corrected chi connectivity index (χ2v) is 8.29. The van der Waals surface area contributed by atoms with Crippen LogP contribution in [0.15, 0.2) is 0 Å². The van der Waals surface area contributed by atoms with Gasteiger partial charge in [0.15, 0.2) is 5.78 Å². The summed E-state index contributed by atoms with van der Waals surface area (Å²) in [6.45, 7) is 15.9. The van der Waals surface area contributed by atoms with E-state index in [-0.39, 0.29) is 11.7 Å². The number of Topliss-reactive ketones (excluding diaryl/α,β-unsaturated/α-hetero) is 1. The molecule has 0 aliphatic heterocycles. The molecule has 134 valence electrons. The van der Waals surface area contributed by atoms with E-state index >= 15 is 0 Å². The highest BCUT2D eigenvalue weighted by atomic mass is 16.6. The van der Waals surface area contributed by atoms with Gasteiger partial charge in [-0.3, -0.25) is 9.59 Å². The molecule has 0 saturated carbocycles. The minimum Gasteiger partial charge on any atom is -0.444 e. The van der Waals surface area contributed by atoms with Gasteiger partial charge in [-0.15, -0.1) is 0 Å². The van der Waals surface area contributed by atoms with Gasteiger partial charge >= 0.3 is 6.09 Å². The van der Waals surface area contributed by atoms with E-state index in [0.717, 1.165) is 0 Å². The molecule has 2 N–H and O–H groups in total. The van der Waals surface area contributed by atoms with Gasteiger partial charge in [0.1, 0.15) is 11.6 Å². The minimum absolute atomic E-state index is 0.0291. The molecule has 0 aliphatic rings. The lowest BCUT2D eigenvalue weighted by molar-refractivity contribution is -0.130. The third-order valence-corrected chi connectivity index (χ3v) is 3.19. The zero-order valence-corrected chi connectivity index (χ0v) is 15.9. The molecular weight excluding hydrogens is 296 g/mol. The van der Waals surface area contributed by atoms with Crippen LogP contribution in [-0.4, -0.2) is 35.5 Å². The summed E-state index contributed by atoms with van der Waals surface area (Å²) in [7, 11) is 0. The molecule has 0 saturated heterocycles. The molecule has 2 atom stereocenters. The van der Waals surface area contributed by atoms with Crippen molar-refractivity contribution in [3.63, 3.8) is 0 Å². The molecule has 2 amide bonds. The molecule has 0 fully saturated rings. The smallest absolute Gasteiger partial charge is 0.408 e. The van der Waals surface area contributed by atoms with Crippen LogP contribution in [0.2, 0.25) is 0 Å². The van der Waals surface area contributed by atoms with Crippen molar-refractivity contribution >= 4 is 17.8 Å². The van der Waals surface area contributed by atoms with Crippen LogP contribution in [0, 0.1) is 11.3 Å². The highest BCUT2D eigenvalue weighted by Gasteiger charge is 2.36. The molecule has 0 aromatic heterocycles. The maximum atomic E-state index is 12.6. The number of hydrogen-bond acceptors (Lipinski definition) is 4. The van der Waals surface area contributed by atoms with Crippen molar-refractivity contribution in [3.8, 4) is 0 Å². The van der Waals surface area contributed by atoms with Crippen LogP contribution in [0.4, 0.5) is 4.79 Å². The number of carbonyl (C=O) groups excluding carboxylic acids is 3.